The molecule has 2 atom stereocenters. The third kappa shape index (κ3) is 2.83. The van der Waals surface area contributed by atoms with Gasteiger partial charge >= 0.3 is 0 Å². The molecule has 2 aliphatic rings. The van der Waals surface area contributed by atoms with Gasteiger partial charge in [0, 0.05) is 6.07 Å². The third-order valence-electron chi connectivity index (χ3n) is 4.71. The summed E-state index contributed by atoms with van der Waals surface area (Å²) in [7, 11) is 0. The molecule has 23 heavy (non-hydrogen) atoms. The highest BCUT2D eigenvalue weighted by Gasteiger charge is 2.42. The molecule has 0 bridgehead atoms. The average molecular weight is 315 g/mol. The van der Waals surface area contributed by atoms with Gasteiger partial charge in [-0.25, -0.2) is 0 Å². The quantitative estimate of drug-likeness (QED) is 0.651. The number of nitrogens with zero attached hydrogens (tertiary/aromatic N) is 1. The molecule has 1 N–H and O–H groups in total. The normalized spacial score (nSPS) is 25.7. The van der Waals surface area contributed by atoms with Crippen molar-refractivity contribution in [2.45, 2.75) is 39.7 Å². The Kier molecular flexibility index (Phi) is 3.66. The monoisotopic (exact) mass is 315 g/mol. The number of non-ortho nitro benzene ring substituents is 1. The predicted molar refractivity (Wildman–Crippen MR) is 87.6 cm³/mol. The minimum Gasteiger partial charge on any atom is -0.512 e. The largest absolute Gasteiger partial charge is 0.512 e. The highest BCUT2D eigenvalue weighted by atomic mass is 16.6. The van der Waals surface area contributed by atoms with Crippen molar-refractivity contribution in [1.82, 2.24) is 0 Å². The van der Waals surface area contributed by atoms with Crippen LogP contribution < -0.4 is 4.74 Å². The van der Waals surface area contributed by atoms with E-state index in [1.165, 1.54) is 12.1 Å². The van der Waals surface area contributed by atoms with E-state index in [1.807, 2.05) is 6.92 Å². The van der Waals surface area contributed by atoms with Crippen LogP contribution in [0, 0.1) is 21.4 Å². The van der Waals surface area contributed by atoms with Crippen LogP contribution in [0.2, 0.25) is 0 Å². The second-order valence-corrected chi connectivity index (χ2v) is 7.00. The van der Waals surface area contributed by atoms with Crippen LogP contribution in [0.5, 0.6) is 5.75 Å². The number of aliphatic hydroxyl groups excluding tert-OH is 1. The molecule has 5 heteroatoms. The number of aryl methyl sites for hydroxylation is 1. The van der Waals surface area contributed by atoms with Gasteiger partial charge in [-0.05, 0) is 42.9 Å². The first-order chi connectivity index (χ1) is 10.8. The Hall–Kier alpha value is -2.30. The predicted octanol–water partition coefficient (Wildman–Crippen LogP) is 4.33. The van der Waals surface area contributed by atoms with Crippen molar-refractivity contribution >= 4 is 5.69 Å². The number of fused-ring (bicyclic) bond motifs is 1. The molecule has 1 heterocycles. The minimum absolute atomic E-state index is 0.0304. The van der Waals surface area contributed by atoms with Crippen molar-refractivity contribution in [2.24, 2.45) is 11.3 Å². The molecule has 0 spiro atoms. The first kappa shape index (κ1) is 15.6. The number of nitro benzene ring substituents is 1. The summed E-state index contributed by atoms with van der Waals surface area (Å²) < 4.78 is 6.07. The molecule has 0 aromatic heterocycles. The standard InChI is InChI=1S/C18H21NO4/c1-11-8-14(20)17(18(2,3)10-11)15-7-5-12-4-6-13(19(21)22)9-16(12)23-15/h4,6,8-10,15,17,20H,5,7H2,1-3H3. The summed E-state index contributed by atoms with van der Waals surface area (Å²) >= 11 is 0. The zero-order valence-electron chi connectivity index (χ0n) is 13.6. The summed E-state index contributed by atoms with van der Waals surface area (Å²) in [5.74, 6) is 0.734. The molecule has 1 aromatic carbocycles. The lowest BCUT2D eigenvalue weighted by molar-refractivity contribution is -0.385. The summed E-state index contributed by atoms with van der Waals surface area (Å²) in [5.41, 5.74) is 1.82. The lowest BCUT2D eigenvalue weighted by Crippen LogP contribution is -2.41. The van der Waals surface area contributed by atoms with Crippen LogP contribution in [0.3, 0.4) is 0 Å². The van der Waals surface area contributed by atoms with Gasteiger partial charge in [-0.3, -0.25) is 10.1 Å². The number of benzene rings is 1. The van der Waals surface area contributed by atoms with E-state index in [4.69, 9.17) is 4.74 Å². The van der Waals surface area contributed by atoms with E-state index >= 15 is 0 Å². The maximum atomic E-state index is 11.0. The zero-order chi connectivity index (χ0) is 16.8. The van der Waals surface area contributed by atoms with Gasteiger partial charge < -0.3 is 9.84 Å². The number of rotatable bonds is 2. The number of allylic oxidation sites excluding steroid dienone is 3. The number of aliphatic hydroxyl groups is 1. The molecule has 0 radical (unpaired) electrons. The van der Waals surface area contributed by atoms with E-state index in [9.17, 15) is 15.2 Å². The van der Waals surface area contributed by atoms with Crippen LogP contribution in [0.15, 0.2) is 41.7 Å². The summed E-state index contributed by atoms with van der Waals surface area (Å²) in [6, 6.07) is 4.76. The van der Waals surface area contributed by atoms with Gasteiger partial charge in [0.2, 0.25) is 0 Å². The number of nitro groups is 1. The SMILES string of the molecule is CC1=CC(C)(C)C(C2CCc3ccc([N+](=O)[O-])cc3O2)C(O)=C1. The molecule has 122 valence electrons. The van der Waals surface area contributed by atoms with E-state index in [-0.39, 0.29) is 23.1 Å². The van der Waals surface area contributed by atoms with Gasteiger partial charge in [-0.15, -0.1) is 0 Å². The molecule has 2 unspecified atom stereocenters. The Bertz CT molecular complexity index is 718. The third-order valence-corrected chi connectivity index (χ3v) is 4.71. The minimum atomic E-state index is -0.415. The number of ether oxygens (including phenoxy) is 1. The lowest BCUT2D eigenvalue weighted by atomic mass is 9.69. The van der Waals surface area contributed by atoms with E-state index < -0.39 is 4.92 Å². The second-order valence-electron chi connectivity index (χ2n) is 7.00. The Morgan fingerprint density at radius 3 is 2.78 bits per heavy atom. The molecule has 1 aromatic rings. The number of hydrogen-bond donors (Lipinski definition) is 1. The second kappa shape index (κ2) is 5.41. The van der Waals surface area contributed by atoms with Crippen molar-refractivity contribution in [3.05, 3.63) is 57.4 Å². The van der Waals surface area contributed by atoms with E-state index in [2.05, 4.69) is 19.9 Å². The highest BCUT2D eigenvalue weighted by Crippen LogP contribution is 2.44. The van der Waals surface area contributed by atoms with Crippen LogP contribution in [-0.4, -0.2) is 16.1 Å². The molecule has 0 amide bonds. The van der Waals surface area contributed by atoms with Gasteiger partial charge in [0.1, 0.15) is 17.6 Å². The fourth-order valence-corrected chi connectivity index (χ4v) is 3.82. The molecule has 1 aliphatic carbocycles. The van der Waals surface area contributed by atoms with Crippen LogP contribution in [0.1, 0.15) is 32.8 Å². The molecular formula is C18H21NO4. The summed E-state index contributed by atoms with van der Waals surface area (Å²) in [6.07, 6.45) is 5.30. The van der Waals surface area contributed by atoms with Crippen LogP contribution >= 0.6 is 0 Å². The highest BCUT2D eigenvalue weighted by molar-refractivity contribution is 5.46. The Balaban J connectivity index is 1.91. The summed E-state index contributed by atoms with van der Waals surface area (Å²) in [6.45, 7) is 6.13. The molecule has 3 rings (SSSR count). The molecule has 1 aliphatic heterocycles. The van der Waals surface area contributed by atoms with Crippen molar-refractivity contribution in [3.63, 3.8) is 0 Å². The van der Waals surface area contributed by atoms with Crippen molar-refractivity contribution < 1.29 is 14.8 Å². The van der Waals surface area contributed by atoms with Gasteiger partial charge in [0.25, 0.3) is 5.69 Å². The fourth-order valence-electron chi connectivity index (χ4n) is 3.82. The maximum absolute atomic E-state index is 11.0. The average Bonchev–Trinajstić information content (AvgIpc) is 2.44. The topological polar surface area (TPSA) is 72.6 Å². The smallest absolute Gasteiger partial charge is 0.273 e. The van der Waals surface area contributed by atoms with Crippen molar-refractivity contribution in [3.8, 4) is 5.75 Å². The summed E-state index contributed by atoms with van der Waals surface area (Å²) in [4.78, 5) is 10.5. The number of hydrogen-bond acceptors (Lipinski definition) is 4. The van der Waals surface area contributed by atoms with E-state index in [1.54, 1.807) is 12.1 Å². The van der Waals surface area contributed by atoms with Crippen LogP contribution in [0.4, 0.5) is 5.69 Å². The van der Waals surface area contributed by atoms with Gasteiger partial charge in [-0.1, -0.05) is 25.5 Å². The molecule has 5 nitrogen and oxygen atoms in total. The van der Waals surface area contributed by atoms with Crippen LogP contribution in [0.25, 0.3) is 0 Å². The Labute approximate surface area is 135 Å². The Morgan fingerprint density at radius 2 is 2.13 bits per heavy atom. The first-order valence-corrected chi connectivity index (χ1v) is 7.82. The van der Waals surface area contributed by atoms with Crippen LogP contribution in [-0.2, 0) is 6.42 Å². The molecule has 0 saturated carbocycles. The molecule has 0 saturated heterocycles. The lowest BCUT2D eigenvalue weighted by Gasteiger charge is -2.41. The first-order valence-electron chi connectivity index (χ1n) is 7.82. The van der Waals surface area contributed by atoms with Gasteiger partial charge in [0.05, 0.1) is 16.9 Å². The van der Waals surface area contributed by atoms with Gasteiger partial charge in [-0.2, -0.15) is 0 Å². The molecule has 0 fully saturated rings. The van der Waals surface area contributed by atoms with E-state index in [0.29, 0.717) is 11.5 Å². The van der Waals surface area contributed by atoms with Crippen molar-refractivity contribution in [2.75, 3.05) is 0 Å². The molecular weight excluding hydrogens is 294 g/mol. The zero-order valence-corrected chi connectivity index (χ0v) is 13.6. The van der Waals surface area contributed by atoms with Gasteiger partial charge in [0.15, 0.2) is 0 Å². The Morgan fingerprint density at radius 1 is 1.39 bits per heavy atom. The fraction of sp³-hybridized carbons (Fsp3) is 0.444. The van der Waals surface area contributed by atoms with E-state index in [0.717, 1.165) is 24.0 Å². The summed E-state index contributed by atoms with van der Waals surface area (Å²) in [5, 5.41) is 21.4. The maximum Gasteiger partial charge on any atom is 0.273 e. The van der Waals surface area contributed by atoms with Crippen molar-refractivity contribution in [1.29, 1.82) is 0 Å².